The molecule has 28 heavy (non-hydrogen) atoms. The summed E-state index contributed by atoms with van der Waals surface area (Å²) in [5.41, 5.74) is 0.549. The summed E-state index contributed by atoms with van der Waals surface area (Å²) < 4.78 is 27.8. The maximum Gasteiger partial charge on any atom is 0.250 e. The quantitative estimate of drug-likeness (QED) is 0.684. The minimum atomic E-state index is -3.47. The zero-order valence-electron chi connectivity index (χ0n) is 15.2. The number of carbonyl (C=O) groups excluding carboxylic acids is 1. The minimum Gasteiger partial charge on any atom is -0.325 e. The topological polar surface area (TPSA) is 78.5 Å². The number of likely N-dealkylation sites (tertiary alicyclic amines) is 1. The molecule has 6 nitrogen and oxygen atoms in total. The number of nitrogens with one attached hydrogen (secondary N) is 2. The van der Waals surface area contributed by atoms with E-state index < -0.39 is 10.0 Å². The molecule has 10 heteroatoms. The Bertz CT molecular complexity index is 907. The van der Waals surface area contributed by atoms with Gasteiger partial charge in [-0.25, -0.2) is 13.1 Å². The smallest absolute Gasteiger partial charge is 0.250 e. The van der Waals surface area contributed by atoms with Gasteiger partial charge in [0.1, 0.15) is 4.21 Å². The van der Waals surface area contributed by atoms with Crippen LogP contribution in [0.4, 0.5) is 5.69 Å². The van der Waals surface area contributed by atoms with Gasteiger partial charge in [0, 0.05) is 34.9 Å². The molecule has 1 atom stereocenters. The van der Waals surface area contributed by atoms with Gasteiger partial charge in [-0.1, -0.05) is 29.3 Å². The van der Waals surface area contributed by atoms with Gasteiger partial charge < -0.3 is 5.32 Å². The summed E-state index contributed by atoms with van der Waals surface area (Å²) in [6.45, 7) is 3.09. The van der Waals surface area contributed by atoms with Crippen LogP contribution in [0.1, 0.15) is 19.8 Å². The number of hydrogen-bond donors (Lipinski definition) is 2. The fraction of sp³-hybridized carbons (Fsp3) is 0.389. The fourth-order valence-electron chi connectivity index (χ4n) is 3.14. The molecule has 1 saturated heterocycles. The Morgan fingerprint density at radius 3 is 2.43 bits per heavy atom. The average molecular weight is 462 g/mol. The molecule has 1 aliphatic rings. The number of nitrogens with zero attached hydrogens (tertiary/aromatic N) is 1. The molecule has 2 aromatic rings. The van der Waals surface area contributed by atoms with Crippen LogP contribution in [0.25, 0.3) is 0 Å². The van der Waals surface area contributed by atoms with Gasteiger partial charge in [-0.15, -0.1) is 11.3 Å². The van der Waals surface area contributed by atoms with Crippen molar-refractivity contribution in [3.05, 3.63) is 45.8 Å². The van der Waals surface area contributed by atoms with Crippen molar-refractivity contribution in [1.29, 1.82) is 0 Å². The predicted molar refractivity (Wildman–Crippen MR) is 114 cm³/mol. The van der Waals surface area contributed by atoms with E-state index in [1.165, 1.54) is 11.3 Å². The molecule has 0 saturated carbocycles. The Labute approximate surface area is 178 Å². The van der Waals surface area contributed by atoms with E-state index in [0.717, 1.165) is 0 Å². The van der Waals surface area contributed by atoms with E-state index in [4.69, 9.17) is 23.2 Å². The van der Waals surface area contributed by atoms with E-state index in [9.17, 15) is 13.2 Å². The number of benzene rings is 1. The summed E-state index contributed by atoms with van der Waals surface area (Å²) in [4.78, 5) is 14.6. The zero-order valence-corrected chi connectivity index (χ0v) is 18.3. The normalized spacial score (nSPS) is 17.4. The molecule has 3 rings (SSSR count). The van der Waals surface area contributed by atoms with Crippen LogP contribution in [-0.4, -0.2) is 44.4 Å². The molecule has 1 aromatic carbocycles. The Morgan fingerprint density at radius 2 is 1.86 bits per heavy atom. The van der Waals surface area contributed by atoms with Crippen LogP contribution in [-0.2, 0) is 14.8 Å². The lowest BCUT2D eigenvalue weighted by molar-refractivity contribution is -0.121. The van der Waals surface area contributed by atoms with Crippen molar-refractivity contribution in [3.63, 3.8) is 0 Å². The van der Waals surface area contributed by atoms with Crippen LogP contribution < -0.4 is 10.0 Å². The molecule has 1 aliphatic heterocycles. The molecule has 0 spiro atoms. The molecule has 1 amide bonds. The summed E-state index contributed by atoms with van der Waals surface area (Å²) in [5, 5.41) is 5.48. The van der Waals surface area contributed by atoms with Gasteiger partial charge in [0.15, 0.2) is 0 Å². The van der Waals surface area contributed by atoms with Crippen molar-refractivity contribution in [3.8, 4) is 0 Å². The number of sulfonamides is 1. The predicted octanol–water partition coefficient (Wildman–Crippen LogP) is 3.82. The fourth-order valence-corrected chi connectivity index (χ4v) is 5.98. The number of hydrogen-bond acceptors (Lipinski definition) is 5. The van der Waals surface area contributed by atoms with Crippen molar-refractivity contribution in [1.82, 2.24) is 9.62 Å². The van der Waals surface area contributed by atoms with Crippen LogP contribution in [0.15, 0.2) is 39.9 Å². The summed E-state index contributed by atoms with van der Waals surface area (Å²) in [6.07, 6.45) is 1.29. The highest BCUT2D eigenvalue weighted by atomic mass is 35.5. The van der Waals surface area contributed by atoms with Crippen LogP contribution >= 0.6 is 34.5 Å². The van der Waals surface area contributed by atoms with E-state index in [2.05, 4.69) is 10.0 Å². The number of anilines is 1. The van der Waals surface area contributed by atoms with Gasteiger partial charge in [0.25, 0.3) is 0 Å². The zero-order chi connectivity index (χ0) is 20.3. The summed E-state index contributed by atoms with van der Waals surface area (Å²) in [5.74, 6) is -0.157. The molecular formula is C18H21Cl2N3O3S2. The number of thiophene rings is 1. The second-order valence-corrected chi connectivity index (χ2v) is 10.4. The highest BCUT2D eigenvalue weighted by Gasteiger charge is 2.29. The third-order valence-electron chi connectivity index (χ3n) is 4.67. The lowest BCUT2D eigenvalue weighted by atomic mass is 10.0. The first-order valence-electron chi connectivity index (χ1n) is 8.81. The van der Waals surface area contributed by atoms with Gasteiger partial charge in [-0.3, -0.25) is 9.69 Å². The Hall–Kier alpha value is -1.16. The minimum absolute atomic E-state index is 0.134. The van der Waals surface area contributed by atoms with E-state index in [1.807, 2.05) is 11.8 Å². The molecule has 2 heterocycles. The Kier molecular flexibility index (Phi) is 7.01. The van der Waals surface area contributed by atoms with E-state index >= 15 is 0 Å². The van der Waals surface area contributed by atoms with Crippen molar-refractivity contribution in [2.45, 2.75) is 36.1 Å². The highest BCUT2D eigenvalue weighted by molar-refractivity contribution is 7.91. The molecule has 0 aliphatic carbocycles. The van der Waals surface area contributed by atoms with Crippen LogP contribution in [0.3, 0.4) is 0 Å². The molecule has 152 valence electrons. The number of amides is 1. The molecule has 0 radical (unpaired) electrons. The van der Waals surface area contributed by atoms with Crippen molar-refractivity contribution < 1.29 is 13.2 Å². The number of rotatable bonds is 6. The Morgan fingerprint density at radius 1 is 1.21 bits per heavy atom. The highest BCUT2D eigenvalue weighted by Crippen LogP contribution is 2.23. The third kappa shape index (κ3) is 5.46. The van der Waals surface area contributed by atoms with E-state index in [-0.39, 0.29) is 18.0 Å². The maximum absolute atomic E-state index is 12.6. The third-order valence-corrected chi connectivity index (χ3v) is 8.02. The summed E-state index contributed by atoms with van der Waals surface area (Å²) >= 11 is 13.1. The van der Waals surface area contributed by atoms with E-state index in [1.54, 1.807) is 35.7 Å². The van der Waals surface area contributed by atoms with E-state index in [0.29, 0.717) is 45.9 Å². The lowest BCUT2D eigenvalue weighted by Crippen LogP contribution is -2.50. The lowest BCUT2D eigenvalue weighted by Gasteiger charge is -2.35. The van der Waals surface area contributed by atoms with Crippen molar-refractivity contribution in [2.75, 3.05) is 18.4 Å². The first kappa shape index (κ1) is 21.5. The van der Waals surface area contributed by atoms with Gasteiger partial charge in [-0.05, 0) is 49.4 Å². The molecule has 1 aromatic heterocycles. The molecule has 1 fully saturated rings. The number of piperidine rings is 1. The number of halogens is 2. The molecular weight excluding hydrogens is 441 g/mol. The number of carbonyl (C=O) groups is 1. The largest absolute Gasteiger partial charge is 0.325 e. The Balaban J connectivity index is 1.53. The first-order chi connectivity index (χ1) is 13.2. The molecule has 2 N–H and O–H groups in total. The summed E-state index contributed by atoms with van der Waals surface area (Å²) in [7, 11) is -3.47. The molecule has 0 bridgehead atoms. The van der Waals surface area contributed by atoms with Crippen molar-refractivity contribution in [2.24, 2.45) is 0 Å². The van der Waals surface area contributed by atoms with Gasteiger partial charge in [0.05, 0.1) is 6.04 Å². The second-order valence-electron chi connectivity index (χ2n) is 6.69. The first-order valence-corrected chi connectivity index (χ1v) is 11.9. The average Bonchev–Trinajstić information content (AvgIpc) is 3.16. The van der Waals surface area contributed by atoms with Crippen LogP contribution in [0.2, 0.25) is 10.0 Å². The van der Waals surface area contributed by atoms with Crippen LogP contribution in [0, 0.1) is 0 Å². The van der Waals surface area contributed by atoms with Gasteiger partial charge >= 0.3 is 0 Å². The maximum atomic E-state index is 12.6. The van der Waals surface area contributed by atoms with Gasteiger partial charge in [0.2, 0.25) is 15.9 Å². The SMILES string of the molecule is C[C@H](C(=O)Nc1cc(Cl)cc(Cl)c1)N1CCC(NS(=O)(=O)c2cccs2)CC1. The van der Waals surface area contributed by atoms with Crippen molar-refractivity contribution >= 4 is 56.2 Å². The van der Waals surface area contributed by atoms with Crippen LogP contribution in [0.5, 0.6) is 0 Å². The monoisotopic (exact) mass is 461 g/mol. The summed E-state index contributed by atoms with van der Waals surface area (Å²) in [6, 6.07) is 7.71. The standard InChI is InChI=1S/C18H21Cl2N3O3S2/c1-12(18(24)21-16-10-13(19)9-14(20)11-16)23-6-4-15(5-7-23)22-28(25,26)17-3-2-8-27-17/h2-3,8-12,15,22H,4-7H2,1H3,(H,21,24)/t12-/m1/s1. The van der Waals surface area contributed by atoms with Gasteiger partial charge in [-0.2, -0.15) is 0 Å². The molecule has 0 unspecified atom stereocenters. The second kappa shape index (κ2) is 9.11.